The number of hydrogen-bond acceptors (Lipinski definition) is 3. The van der Waals surface area contributed by atoms with Crippen LogP contribution in [-0.2, 0) is 4.79 Å². The van der Waals surface area contributed by atoms with Crippen molar-refractivity contribution in [3.8, 4) is 0 Å². The number of aliphatic hydroxyl groups excluding tert-OH is 1. The summed E-state index contributed by atoms with van der Waals surface area (Å²) in [5, 5.41) is 13.0. The Morgan fingerprint density at radius 2 is 2.37 bits per heavy atom. The molecule has 1 aliphatic rings. The van der Waals surface area contributed by atoms with E-state index in [1.165, 1.54) is 0 Å². The highest BCUT2D eigenvalue weighted by Gasteiger charge is 2.17. The Labute approximate surface area is 118 Å². The van der Waals surface area contributed by atoms with E-state index in [1.807, 2.05) is 6.07 Å². The molecular formula is C14H19ClN2O2. The molecule has 1 saturated heterocycles. The van der Waals surface area contributed by atoms with E-state index in [1.54, 1.807) is 18.2 Å². The highest BCUT2D eigenvalue weighted by Crippen LogP contribution is 2.15. The fourth-order valence-corrected chi connectivity index (χ4v) is 2.47. The Hall–Kier alpha value is -1.10. The van der Waals surface area contributed by atoms with Gasteiger partial charge in [-0.3, -0.25) is 4.79 Å². The summed E-state index contributed by atoms with van der Waals surface area (Å²) in [7, 11) is 0. The third-order valence-electron chi connectivity index (χ3n) is 3.24. The van der Waals surface area contributed by atoms with Crippen LogP contribution in [0.25, 0.3) is 0 Å². The van der Waals surface area contributed by atoms with E-state index >= 15 is 0 Å². The van der Waals surface area contributed by atoms with E-state index in [4.69, 9.17) is 11.6 Å². The van der Waals surface area contributed by atoms with E-state index in [9.17, 15) is 9.90 Å². The van der Waals surface area contributed by atoms with Crippen molar-refractivity contribution in [2.75, 3.05) is 25.0 Å². The first kappa shape index (κ1) is 14.3. The van der Waals surface area contributed by atoms with Crippen LogP contribution in [-0.4, -0.2) is 41.7 Å². The molecule has 1 atom stereocenters. The highest BCUT2D eigenvalue weighted by atomic mass is 35.5. The van der Waals surface area contributed by atoms with E-state index in [-0.39, 0.29) is 12.0 Å². The fourth-order valence-electron chi connectivity index (χ4n) is 2.28. The summed E-state index contributed by atoms with van der Waals surface area (Å²) in [6.07, 6.45) is 2.05. The van der Waals surface area contributed by atoms with Crippen molar-refractivity contribution in [3.63, 3.8) is 0 Å². The van der Waals surface area contributed by atoms with Gasteiger partial charge >= 0.3 is 0 Å². The minimum absolute atomic E-state index is 0.0256. The van der Waals surface area contributed by atoms with Crippen molar-refractivity contribution in [2.24, 2.45) is 0 Å². The number of benzene rings is 1. The zero-order valence-electron chi connectivity index (χ0n) is 10.8. The topological polar surface area (TPSA) is 52.6 Å². The molecule has 2 rings (SSSR count). The van der Waals surface area contributed by atoms with Gasteiger partial charge in [-0.2, -0.15) is 0 Å². The van der Waals surface area contributed by atoms with E-state index in [0.717, 1.165) is 25.1 Å². The van der Waals surface area contributed by atoms with Gasteiger partial charge in [0.2, 0.25) is 5.91 Å². The van der Waals surface area contributed by atoms with Crippen LogP contribution in [0.1, 0.15) is 19.3 Å². The predicted octanol–water partition coefficient (Wildman–Crippen LogP) is 2.13. The van der Waals surface area contributed by atoms with Crippen molar-refractivity contribution in [2.45, 2.75) is 25.4 Å². The van der Waals surface area contributed by atoms with Crippen molar-refractivity contribution in [1.82, 2.24) is 4.90 Å². The molecule has 1 unspecified atom stereocenters. The van der Waals surface area contributed by atoms with Crippen LogP contribution in [0.5, 0.6) is 0 Å². The molecule has 104 valence electrons. The van der Waals surface area contributed by atoms with E-state index < -0.39 is 0 Å². The lowest BCUT2D eigenvalue weighted by atomic mass is 10.1. The maximum Gasteiger partial charge on any atom is 0.225 e. The van der Waals surface area contributed by atoms with Crippen LogP contribution in [0.3, 0.4) is 0 Å². The SMILES string of the molecule is O=C(CCN1CCCC(O)C1)Nc1cccc(Cl)c1. The van der Waals surface area contributed by atoms with E-state index in [2.05, 4.69) is 10.2 Å². The fraction of sp³-hybridized carbons (Fsp3) is 0.500. The zero-order valence-corrected chi connectivity index (χ0v) is 11.6. The number of rotatable bonds is 4. The molecule has 1 amide bonds. The lowest BCUT2D eigenvalue weighted by molar-refractivity contribution is -0.116. The van der Waals surface area contributed by atoms with Crippen molar-refractivity contribution < 1.29 is 9.90 Å². The number of anilines is 1. The van der Waals surface area contributed by atoms with Crippen molar-refractivity contribution >= 4 is 23.2 Å². The normalized spacial score (nSPS) is 20.2. The average molecular weight is 283 g/mol. The largest absolute Gasteiger partial charge is 0.392 e. The number of piperidine rings is 1. The van der Waals surface area contributed by atoms with Crippen LogP contribution >= 0.6 is 11.6 Å². The zero-order chi connectivity index (χ0) is 13.7. The van der Waals surface area contributed by atoms with Gasteiger partial charge in [0, 0.05) is 30.2 Å². The third kappa shape index (κ3) is 4.82. The summed E-state index contributed by atoms with van der Waals surface area (Å²) in [6.45, 7) is 2.31. The minimum atomic E-state index is -0.246. The molecule has 0 radical (unpaired) electrons. The second-order valence-electron chi connectivity index (χ2n) is 4.91. The highest BCUT2D eigenvalue weighted by molar-refractivity contribution is 6.30. The number of carbonyl (C=O) groups excluding carboxylic acids is 1. The number of amides is 1. The van der Waals surface area contributed by atoms with Crippen molar-refractivity contribution in [1.29, 1.82) is 0 Å². The summed E-state index contributed by atoms with van der Waals surface area (Å²) in [6, 6.07) is 7.11. The Kier molecular flexibility index (Phi) is 5.19. The molecule has 5 heteroatoms. The quantitative estimate of drug-likeness (QED) is 0.889. The number of aliphatic hydroxyl groups is 1. The predicted molar refractivity (Wildman–Crippen MR) is 76.4 cm³/mol. The summed E-state index contributed by atoms with van der Waals surface area (Å²) >= 11 is 5.86. The van der Waals surface area contributed by atoms with Crippen molar-refractivity contribution in [3.05, 3.63) is 29.3 Å². The van der Waals surface area contributed by atoms with Gasteiger partial charge in [0.25, 0.3) is 0 Å². The van der Waals surface area contributed by atoms with Gasteiger partial charge in [0.15, 0.2) is 0 Å². The molecule has 0 aliphatic carbocycles. The molecule has 1 fully saturated rings. The van der Waals surface area contributed by atoms with Gasteiger partial charge in [-0.25, -0.2) is 0 Å². The van der Waals surface area contributed by atoms with Gasteiger partial charge in [-0.15, -0.1) is 0 Å². The Morgan fingerprint density at radius 1 is 1.53 bits per heavy atom. The number of nitrogens with one attached hydrogen (secondary N) is 1. The van der Waals surface area contributed by atoms with Crippen LogP contribution in [0, 0.1) is 0 Å². The first-order valence-corrected chi connectivity index (χ1v) is 6.97. The molecule has 1 aliphatic heterocycles. The molecule has 2 N–H and O–H groups in total. The summed E-state index contributed by atoms with van der Waals surface area (Å²) < 4.78 is 0. The number of β-amino-alcohol motifs (C(OH)–C–C–N with tert-alkyl or cyclic N) is 1. The monoisotopic (exact) mass is 282 g/mol. The molecule has 19 heavy (non-hydrogen) atoms. The molecule has 4 nitrogen and oxygen atoms in total. The Morgan fingerprint density at radius 3 is 3.11 bits per heavy atom. The first-order valence-electron chi connectivity index (χ1n) is 6.59. The molecule has 0 aromatic heterocycles. The van der Waals surface area contributed by atoms with E-state index in [0.29, 0.717) is 24.5 Å². The second-order valence-corrected chi connectivity index (χ2v) is 5.34. The van der Waals surface area contributed by atoms with Gasteiger partial charge in [0.1, 0.15) is 0 Å². The molecule has 0 bridgehead atoms. The van der Waals surface area contributed by atoms with Crippen LogP contribution in [0.15, 0.2) is 24.3 Å². The number of halogens is 1. The summed E-state index contributed by atoms with van der Waals surface area (Å²) in [5.74, 6) is -0.0256. The number of likely N-dealkylation sites (tertiary alicyclic amines) is 1. The van der Waals surface area contributed by atoms with Gasteiger partial charge in [-0.05, 0) is 37.6 Å². The first-order chi connectivity index (χ1) is 9.13. The summed E-state index contributed by atoms with van der Waals surface area (Å²) in [5.41, 5.74) is 0.719. The van der Waals surface area contributed by atoms with Crippen LogP contribution < -0.4 is 5.32 Å². The Bertz CT molecular complexity index is 439. The van der Waals surface area contributed by atoms with Gasteiger partial charge in [0.05, 0.1) is 6.10 Å². The average Bonchev–Trinajstić information content (AvgIpc) is 2.36. The molecule has 1 aromatic carbocycles. The number of nitrogens with zero attached hydrogens (tertiary/aromatic N) is 1. The third-order valence-corrected chi connectivity index (χ3v) is 3.48. The van der Waals surface area contributed by atoms with Gasteiger partial charge < -0.3 is 15.3 Å². The van der Waals surface area contributed by atoms with Crippen LogP contribution in [0.2, 0.25) is 5.02 Å². The number of carbonyl (C=O) groups is 1. The van der Waals surface area contributed by atoms with Gasteiger partial charge in [-0.1, -0.05) is 17.7 Å². The Balaban J connectivity index is 1.75. The molecule has 0 saturated carbocycles. The lowest BCUT2D eigenvalue weighted by Crippen LogP contribution is -2.39. The molecular weight excluding hydrogens is 264 g/mol. The molecule has 1 heterocycles. The second kappa shape index (κ2) is 6.89. The standard InChI is InChI=1S/C14H19ClN2O2/c15-11-3-1-4-12(9-11)16-14(19)6-8-17-7-2-5-13(18)10-17/h1,3-4,9,13,18H,2,5-8,10H2,(H,16,19). The van der Waals surface area contributed by atoms with Crippen LogP contribution in [0.4, 0.5) is 5.69 Å². The minimum Gasteiger partial charge on any atom is -0.392 e. The maximum absolute atomic E-state index is 11.8. The maximum atomic E-state index is 11.8. The molecule has 0 spiro atoms. The number of hydrogen-bond donors (Lipinski definition) is 2. The molecule has 1 aromatic rings. The summed E-state index contributed by atoms with van der Waals surface area (Å²) in [4.78, 5) is 13.9. The lowest BCUT2D eigenvalue weighted by Gasteiger charge is -2.29. The smallest absolute Gasteiger partial charge is 0.225 e.